The van der Waals surface area contributed by atoms with Gasteiger partial charge in [0.25, 0.3) is 0 Å². The normalized spacial score (nSPS) is 41.9. The van der Waals surface area contributed by atoms with E-state index in [1.54, 1.807) is 0 Å². The van der Waals surface area contributed by atoms with Crippen LogP contribution in [0.4, 0.5) is 0 Å². The minimum absolute atomic E-state index is 0.184. The Bertz CT molecular complexity index is 362. The zero-order chi connectivity index (χ0) is 11.8. The van der Waals surface area contributed by atoms with Gasteiger partial charge in [0.1, 0.15) is 0 Å². The summed E-state index contributed by atoms with van der Waals surface area (Å²) in [6.45, 7) is 1.86. The second kappa shape index (κ2) is 4.30. The molecule has 0 aromatic carbocycles. The second-order valence-electron chi connectivity index (χ2n) is 5.53. The van der Waals surface area contributed by atoms with Crippen molar-refractivity contribution >= 4 is 5.91 Å². The summed E-state index contributed by atoms with van der Waals surface area (Å²) < 4.78 is 0. The molecule has 4 unspecified atom stereocenters. The van der Waals surface area contributed by atoms with E-state index in [0.29, 0.717) is 12.1 Å². The van der Waals surface area contributed by atoms with Crippen molar-refractivity contribution in [2.45, 2.75) is 44.2 Å². The van der Waals surface area contributed by atoms with Gasteiger partial charge in [-0.15, -0.1) is 0 Å². The Morgan fingerprint density at radius 3 is 2.94 bits per heavy atom. The molecule has 2 aliphatic heterocycles. The molecule has 1 saturated carbocycles. The molecular weight excluding hydrogens is 214 g/mol. The molecule has 3 fully saturated rings. The molecule has 0 aromatic rings. The lowest BCUT2D eigenvalue weighted by atomic mass is 9.88. The van der Waals surface area contributed by atoms with E-state index in [-0.39, 0.29) is 17.7 Å². The van der Waals surface area contributed by atoms with Gasteiger partial charge in [0.05, 0.1) is 17.9 Å². The predicted octanol–water partition coefficient (Wildman–Crippen LogP) is 0.889. The summed E-state index contributed by atoms with van der Waals surface area (Å²) >= 11 is 0. The monoisotopic (exact) mass is 233 g/mol. The first-order chi connectivity index (χ1) is 8.31. The van der Waals surface area contributed by atoms with Crippen LogP contribution < -0.4 is 5.32 Å². The molecule has 1 amide bonds. The van der Waals surface area contributed by atoms with E-state index in [1.807, 2.05) is 0 Å². The number of nitriles is 1. The Balaban J connectivity index is 1.78. The van der Waals surface area contributed by atoms with Gasteiger partial charge in [0.15, 0.2) is 0 Å². The fourth-order valence-corrected chi connectivity index (χ4v) is 3.88. The van der Waals surface area contributed by atoms with Gasteiger partial charge in [0, 0.05) is 18.6 Å². The zero-order valence-electron chi connectivity index (χ0n) is 10.1. The number of carbonyl (C=O) groups is 1. The van der Waals surface area contributed by atoms with Crippen LogP contribution in [0, 0.1) is 23.2 Å². The van der Waals surface area contributed by atoms with E-state index in [9.17, 15) is 10.1 Å². The highest BCUT2D eigenvalue weighted by Crippen LogP contribution is 2.36. The number of fused-ring (bicyclic) bond motifs is 1. The lowest BCUT2D eigenvalue weighted by Gasteiger charge is -2.41. The molecule has 0 radical (unpaired) electrons. The summed E-state index contributed by atoms with van der Waals surface area (Å²) in [5.41, 5.74) is 0. The standard InChI is InChI=1S/C13H19N3O/c14-7-9-3-1-5-11(9)16-6-2-4-10-12(16)8-15-13(10)17/h9-12H,1-6,8H2,(H,15,17). The van der Waals surface area contributed by atoms with Crippen molar-refractivity contribution in [3.63, 3.8) is 0 Å². The average Bonchev–Trinajstić information content (AvgIpc) is 2.96. The van der Waals surface area contributed by atoms with Crippen molar-refractivity contribution in [2.24, 2.45) is 11.8 Å². The molecule has 2 saturated heterocycles. The minimum Gasteiger partial charge on any atom is -0.354 e. The molecule has 2 heterocycles. The Morgan fingerprint density at radius 1 is 1.24 bits per heavy atom. The van der Waals surface area contributed by atoms with E-state index >= 15 is 0 Å². The van der Waals surface area contributed by atoms with E-state index < -0.39 is 0 Å². The third-order valence-corrected chi connectivity index (χ3v) is 4.72. The Labute approximate surface area is 102 Å². The molecule has 1 N–H and O–H groups in total. The van der Waals surface area contributed by atoms with Crippen LogP contribution in [-0.4, -0.2) is 36.0 Å². The lowest BCUT2D eigenvalue weighted by Crippen LogP contribution is -2.51. The number of nitrogens with zero attached hydrogens (tertiary/aromatic N) is 2. The highest BCUT2D eigenvalue weighted by atomic mass is 16.2. The van der Waals surface area contributed by atoms with Gasteiger partial charge in [-0.3, -0.25) is 9.69 Å². The van der Waals surface area contributed by atoms with Crippen LogP contribution in [0.2, 0.25) is 0 Å². The fourth-order valence-electron chi connectivity index (χ4n) is 3.88. The van der Waals surface area contributed by atoms with Gasteiger partial charge in [-0.1, -0.05) is 6.42 Å². The average molecular weight is 233 g/mol. The Hall–Kier alpha value is -1.08. The molecule has 3 aliphatic rings. The summed E-state index contributed by atoms with van der Waals surface area (Å²) in [6.07, 6.45) is 5.46. The number of likely N-dealkylation sites (tertiary alicyclic amines) is 1. The quantitative estimate of drug-likeness (QED) is 0.731. The van der Waals surface area contributed by atoms with Gasteiger partial charge < -0.3 is 5.32 Å². The smallest absolute Gasteiger partial charge is 0.224 e. The molecule has 92 valence electrons. The molecule has 4 heteroatoms. The summed E-state index contributed by atoms with van der Waals surface area (Å²) in [7, 11) is 0. The number of nitrogens with one attached hydrogen (secondary N) is 1. The third kappa shape index (κ3) is 1.73. The van der Waals surface area contributed by atoms with E-state index in [0.717, 1.165) is 45.2 Å². The first-order valence-corrected chi connectivity index (χ1v) is 6.74. The molecule has 0 bridgehead atoms. The highest BCUT2D eigenvalue weighted by Gasteiger charge is 2.45. The summed E-state index contributed by atoms with van der Waals surface area (Å²) in [5.74, 6) is 0.597. The molecule has 1 aliphatic carbocycles. The number of hydrogen-bond acceptors (Lipinski definition) is 3. The maximum absolute atomic E-state index is 11.7. The summed E-state index contributed by atoms with van der Waals surface area (Å²) in [6, 6.07) is 3.22. The number of rotatable bonds is 1. The van der Waals surface area contributed by atoms with Crippen molar-refractivity contribution in [3.05, 3.63) is 0 Å². The van der Waals surface area contributed by atoms with Crippen molar-refractivity contribution in [1.29, 1.82) is 5.26 Å². The van der Waals surface area contributed by atoms with Crippen LogP contribution in [0.3, 0.4) is 0 Å². The van der Waals surface area contributed by atoms with Crippen LogP contribution in [-0.2, 0) is 4.79 Å². The number of hydrogen-bond donors (Lipinski definition) is 1. The molecular formula is C13H19N3O. The van der Waals surface area contributed by atoms with Crippen LogP contribution in [0.5, 0.6) is 0 Å². The first-order valence-electron chi connectivity index (χ1n) is 6.74. The van der Waals surface area contributed by atoms with Crippen molar-refractivity contribution in [2.75, 3.05) is 13.1 Å². The number of piperidine rings is 1. The van der Waals surface area contributed by atoms with Gasteiger partial charge in [-0.05, 0) is 32.2 Å². The van der Waals surface area contributed by atoms with Crippen molar-refractivity contribution in [3.8, 4) is 6.07 Å². The van der Waals surface area contributed by atoms with Crippen molar-refractivity contribution < 1.29 is 4.79 Å². The number of amides is 1. The fraction of sp³-hybridized carbons (Fsp3) is 0.846. The highest BCUT2D eigenvalue weighted by molar-refractivity contribution is 5.82. The van der Waals surface area contributed by atoms with Gasteiger partial charge >= 0.3 is 0 Å². The van der Waals surface area contributed by atoms with Gasteiger partial charge in [-0.25, -0.2) is 0 Å². The third-order valence-electron chi connectivity index (χ3n) is 4.72. The lowest BCUT2D eigenvalue weighted by molar-refractivity contribution is -0.124. The van der Waals surface area contributed by atoms with Crippen molar-refractivity contribution in [1.82, 2.24) is 10.2 Å². The zero-order valence-corrected chi connectivity index (χ0v) is 10.1. The summed E-state index contributed by atoms with van der Waals surface area (Å²) in [4.78, 5) is 14.2. The minimum atomic E-state index is 0.184. The number of carbonyl (C=O) groups excluding carboxylic acids is 1. The van der Waals surface area contributed by atoms with E-state index in [2.05, 4.69) is 16.3 Å². The molecule has 4 atom stereocenters. The SMILES string of the molecule is N#CC1CCCC1N1CCCC2C(=O)NCC21. The van der Waals surface area contributed by atoms with Crippen LogP contribution in [0.15, 0.2) is 0 Å². The topological polar surface area (TPSA) is 56.1 Å². The van der Waals surface area contributed by atoms with Crippen LogP contribution >= 0.6 is 0 Å². The predicted molar refractivity (Wildman–Crippen MR) is 63.0 cm³/mol. The second-order valence-corrected chi connectivity index (χ2v) is 5.53. The molecule has 4 nitrogen and oxygen atoms in total. The van der Waals surface area contributed by atoms with Gasteiger partial charge in [0.2, 0.25) is 5.91 Å². The summed E-state index contributed by atoms with van der Waals surface area (Å²) in [5, 5.41) is 12.2. The van der Waals surface area contributed by atoms with Crippen LogP contribution in [0.1, 0.15) is 32.1 Å². The largest absolute Gasteiger partial charge is 0.354 e. The molecule has 0 spiro atoms. The van der Waals surface area contributed by atoms with E-state index in [1.165, 1.54) is 0 Å². The maximum Gasteiger partial charge on any atom is 0.224 e. The Kier molecular flexibility index (Phi) is 2.79. The Morgan fingerprint density at radius 2 is 2.12 bits per heavy atom. The van der Waals surface area contributed by atoms with E-state index in [4.69, 9.17) is 0 Å². The first kappa shape index (κ1) is 11.0. The molecule has 17 heavy (non-hydrogen) atoms. The molecule has 0 aromatic heterocycles. The molecule has 3 rings (SSSR count). The van der Waals surface area contributed by atoms with Crippen LogP contribution in [0.25, 0.3) is 0 Å². The maximum atomic E-state index is 11.7. The van der Waals surface area contributed by atoms with Gasteiger partial charge in [-0.2, -0.15) is 5.26 Å².